The van der Waals surface area contributed by atoms with Crippen molar-refractivity contribution in [3.63, 3.8) is 0 Å². The van der Waals surface area contributed by atoms with E-state index in [2.05, 4.69) is 17.1 Å². The third-order valence-electron chi connectivity index (χ3n) is 4.93. The molecular formula is C21H21N3O4S. The Balaban J connectivity index is 1.60. The van der Waals surface area contributed by atoms with Crippen LogP contribution >= 0.6 is 12.2 Å². The molecule has 2 fully saturated rings. The number of rotatable bonds is 4. The molecule has 1 N–H and O–H groups in total. The SMILES string of the molecule is CCc1ccc(N2C(=O)C(=Cc3ccc(N4CCOCC4)o3)C(=O)NC2=S)cc1. The summed E-state index contributed by atoms with van der Waals surface area (Å²) < 4.78 is 11.2. The van der Waals surface area contributed by atoms with Gasteiger partial charge in [0.05, 0.1) is 18.9 Å². The second kappa shape index (κ2) is 8.18. The van der Waals surface area contributed by atoms with E-state index >= 15 is 0 Å². The standard InChI is InChI=1S/C21H21N3O4S/c1-2-14-3-5-15(6-4-14)24-20(26)17(19(25)22-21(24)29)13-16-7-8-18(28-16)23-9-11-27-12-10-23/h3-8,13H,2,9-12H2,1H3,(H,22,25,29). The lowest BCUT2D eigenvalue weighted by Crippen LogP contribution is -2.54. The number of anilines is 2. The monoisotopic (exact) mass is 411 g/mol. The van der Waals surface area contributed by atoms with Crippen LogP contribution in [0.4, 0.5) is 11.6 Å². The molecule has 0 unspecified atom stereocenters. The smallest absolute Gasteiger partial charge is 0.270 e. The van der Waals surface area contributed by atoms with E-state index in [0.717, 1.165) is 25.1 Å². The van der Waals surface area contributed by atoms with Crippen molar-refractivity contribution >= 4 is 46.8 Å². The minimum Gasteiger partial charge on any atom is -0.441 e. The van der Waals surface area contributed by atoms with E-state index in [9.17, 15) is 9.59 Å². The highest BCUT2D eigenvalue weighted by molar-refractivity contribution is 7.80. The van der Waals surface area contributed by atoms with Crippen LogP contribution in [0.1, 0.15) is 18.2 Å². The van der Waals surface area contributed by atoms with E-state index in [0.29, 0.717) is 30.5 Å². The average Bonchev–Trinajstić information content (AvgIpc) is 3.21. The number of amides is 2. The Bertz CT molecular complexity index is 974. The van der Waals surface area contributed by atoms with Gasteiger partial charge in [-0.25, -0.2) is 0 Å². The van der Waals surface area contributed by atoms with E-state index in [-0.39, 0.29) is 10.7 Å². The molecule has 2 aromatic rings. The Labute approximate surface area is 173 Å². The van der Waals surface area contributed by atoms with Crippen molar-refractivity contribution in [1.29, 1.82) is 0 Å². The second-order valence-corrected chi connectivity index (χ2v) is 7.14. The Morgan fingerprint density at radius 1 is 1.10 bits per heavy atom. The summed E-state index contributed by atoms with van der Waals surface area (Å²) in [6, 6.07) is 11.1. The molecule has 0 spiro atoms. The maximum absolute atomic E-state index is 13.1. The van der Waals surface area contributed by atoms with Gasteiger partial charge >= 0.3 is 0 Å². The number of morpholine rings is 1. The summed E-state index contributed by atoms with van der Waals surface area (Å²) in [6.45, 7) is 4.81. The fraction of sp³-hybridized carbons (Fsp3) is 0.286. The molecule has 4 rings (SSSR count). The lowest BCUT2D eigenvalue weighted by atomic mass is 10.1. The van der Waals surface area contributed by atoms with Crippen molar-refractivity contribution in [3.05, 3.63) is 53.3 Å². The first-order valence-corrected chi connectivity index (χ1v) is 9.90. The first kappa shape index (κ1) is 19.4. The second-order valence-electron chi connectivity index (χ2n) is 6.75. The number of thiocarbonyl (C=S) groups is 1. The molecule has 1 aromatic heterocycles. The molecule has 0 aliphatic carbocycles. The molecule has 2 aliphatic rings. The number of carbonyl (C=O) groups is 2. The number of nitrogens with one attached hydrogen (secondary N) is 1. The molecular weight excluding hydrogens is 390 g/mol. The van der Waals surface area contributed by atoms with Crippen LogP contribution in [0, 0.1) is 0 Å². The van der Waals surface area contributed by atoms with Gasteiger partial charge in [0.1, 0.15) is 11.3 Å². The van der Waals surface area contributed by atoms with E-state index in [1.165, 1.54) is 11.0 Å². The van der Waals surface area contributed by atoms with Gasteiger partial charge < -0.3 is 14.1 Å². The predicted octanol–water partition coefficient (Wildman–Crippen LogP) is 2.51. The predicted molar refractivity (Wildman–Crippen MR) is 114 cm³/mol. The fourth-order valence-corrected chi connectivity index (χ4v) is 3.57. The quantitative estimate of drug-likeness (QED) is 0.473. The number of aryl methyl sites for hydroxylation is 1. The van der Waals surface area contributed by atoms with Gasteiger partial charge in [-0.05, 0) is 48.5 Å². The minimum atomic E-state index is -0.536. The van der Waals surface area contributed by atoms with Gasteiger partial charge in [-0.1, -0.05) is 19.1 Å². The van der Waals surface area contributed by atoms with Crippen molar-refractivity contribution in [2.24, 2.45) is 0 Å². The van der Waals surface area contributed by atoms with Crippen LogP contribution in [0.3, 0.4) is 0 Å². The van der Waals surface area contributed by atoms with Gasteiger partial charge in [0, 0.05) is 19.2 Å². The molecule has 0 atom stereocenters. The summed E-state index contributed by atoms with van der Waals surface area (Å²) in [5, 5.41) is 2.65. The molecule has 150 valence electrons. The summed E-state index contributed by atoms with van der Waals surface area (Å²) in [7, 11) is 0. The van der Waals surface area contributed by atoms with Gasteiger partial charge in [-0.15, -0.1) is 0 Å². The zero-order chi connectivity index (χ0) is 20.4. The number of hydrogen-bond donors (Lipinski definition) is 1. The zero-order valence-electron chi connectivity index (χ0n) is 16.0. The lowest BCUT2D eigenvalue weighted by Gasteiger charge is -2.29. The third kappa shape index (κ3) is 3.94. The molecule has 1 aromatic carbocycles. The fourth-order valence-electron chi connectivity index (χ4n) is 3.29. The molecule has 3 heterocycles. The van der Waals surface area contributed by atoms with Crippen LogP contribution in [-0.4, -0.2) is 43.2 Å². The number of hydrogen-bond acceptors (Lipinski definition) is 6. The molecule has 29 heavy (non-hydrogen) atoms. The normalized spacial score (nSPS) is 19.1. The zero-order valence-corrected chi connectivity index (χ0v) is 16.8. The highest BCUT2D eigenvalue weighted by Gasteiger charge is 2.34. The van der Waals surface area contributed by atoms with Gasteiger partial charge in [-0.2, -0.15) is 0 Å². The molecule has 0 saturated carbocycles. The van der Waals surface area contributed by atoms with Crippen LogP contribution in [0.15, 0.2) is 46.4 Å². The number of nitrogens with zero attached hydrogens (tertiary/aromatic N) is 2. The van der Waals surface area contributed by atoms with Crippen molar-refractivity contribution < 1.29 is 18.7 Å². The van der Waals surface area contributed by atoms with Crippen LogP contribution in [0.2, 0.25) is 0 Å². The Kier molecular flexibility index (Phi) is 5.46. The Hall–Kier alpha value is -2.97. The Morgan fingerprint density at radius 2 is 1.83 bits per heavy atom. The van der Waals surface area contributed by atoms with Gasteiger partial charge in [0.15, 0.2) is 11.0 Å². The number of benzene rings is 1. The van der Waals surface area contributed by atoms with Crippen molar-refractivity contribution in [1.82, 2.24) is 5.32 Å². The van der Waals surface area contributed by atoms with Crippen LogP contribution < -0.4 is 15.1 Å². The largest absolute Gasteiger partial charge is 0.441 e. The first-order valence-electron chi connectivity index (χ1n) is 9.49. The van der Waals surface area contributed by atoms with E-state index < -0.39 is 11.8 Å². The van der Waals surface area contributed by atoms with Crippen molar-refractivity contribution in [3.8, 4) is 0 Å². The topological polar surface area (TPSA) is 75.0 Å². The lowest BCUT2D eigenvalue weighted by molar-refractivity contribution is -0.122. The summed E-state index contributed by atoms with van der Waals surface area (Å²) in [4.78, 5) is 28.9. The number of furan rings is 1. The maximum atomic E-state index is 13.1. The van der Waals surface area contributed by atoms with Gasteiger partial charge in [0.25, 0.3) is 11.8 Å². The molecule has 0 radical (unpaired) electrons. The number of carbonyl (C=O) groups excluding carboxylic acids is 2. The first-order chi connectivity index (χ1) is 14.1. The van der Waals surface area contributed by atoms with Crippen LogP contribution in [-0.2, 0) is 20.7 Å². The van der Waals surface area contributed by atoms with E-state index in [1.807, 2.05) is 30.3 Å². The van der Waals surface area contributed by atoms with Crippen LogP contribution in [0.5, 0.6) is 0 Å². The molecule has 0 bridgehead atoms. The summed E-state index contributed by atoms with van der Waals surface area (Å²) in [5.74, 6) is 0.100. The highest BCUT2D eigenvalue weighted by Crippen LogP contribution is 2.25. The minimum absolute atomic E-state index is 0.0268. The van der Waals surface area contributed by atoms with E-state index in [4.69, 9.17) is 21.4 Å². The summed E-state index contributed by atoms with van der Waals surface area (Å²) >= 11 is 5.24. The molecule has 7 nitrogen and oxygen atoms in total. The maximum Gasteiger partial charge on any atom is 0.270 e. The van der Waals surface area contributed by atoms with Crippen molar-refractivity contribution in [2.45, 2.75) is 13.3 Å². The van der Waals surface area contributed by atoms with Gasteiger partial charge in [0.2, 0.25) is 0 Å². The molecule has 8 heteroatoms. The molecule has 2 aliphatic heterocycles. The van der Waals surface area contributed by atoms with Crippen molar-refractivity contribution in [2.75, 3.05) is 36.1 Å². The third-order valence-corrected chi connectivity index (χ3v) is 5.21. The summed E-state index contributed by atoms with van der Waals surface area (Å²) in [6.07, 6.45) is 2.35. The Morgan fingerprint density at radius 3 is 2.52 bits per heavy atom. The summed E-state index contributed by atoms with van der Waals surface area (Å²) in [5.41, 5.74) is 1.73. The average molecular weight is 411 g/mol. The molecule has 2 amide bonds. The van der Waals surface area contributed by atoms with Crippen LogP contribution in [0.25, 0.3) is 6.08 Å². The molecule has 2 saturated heterocycles. The van der Waals surface area contributed by atoms with Gasteiger partial charge in [-0.3, -0.25) is 19.8 Å². The van der Waals surface area contributed by atoms with E-state index in [1.54, 1.807) is 6.07 Å². The highest BCUT2D eigenvalue weighted by atomic mass is 32.1. The number of ether oxygens (including phenoxy) is 1.